The Morgan fingerprint density at radius 2 is 1.96 bits per heavy atom. The first-order valence-electron chi connectivity index (χ1n) is 8.26. The fraction of sp³-hybridized carbons (Fsp3) is 0.238. The summed E-state index contributed by atoms with van der Waals surface area (Å²) in [6, 6.07) is 13.2. The van der Waals surface area contributed by atoms with Crippen LogP contribution in [0.5, 0.6) is 5.75 Å². The molecule has 2 rings (SSSR count). The number of carbonyl (C=O) groups is 1. The van der Waals surface area contributed by atoms with E-state index in [0.29, 0.717) is 17.0 Å². The van der Waals surface area contributed by atoms with Crippen LogP contribution < -0.4 is 10.1 Å². The zero-order valence-corrected chi connectivity index (χ0v) is 16.8. The van der Waals surface area contributed by atoms with Gasteiger partial charge < -0.3 is 10.1 Å². The fourth-order valence-electron chi connectivity index (χ4n) is 2.44. The SMILES string of the molecule is Cc1ccc(NC(=O)/C(C#N)=C/c2cc(Br)ccc2OC(C)C)c(C)c1. The molecule has 0 fully saturated rings. The van der Waals surface area contributed by atoms with Crippen LogP contribution in [0.3, 0.4) is 0 Å². The van der Waals surface area contributed by atoms with Crippen LogP contribution in [0.2, 0.25) is 0 Å². The van der Waals surface area contributed by atoms with Crippen LogP contribution in [-0.4, -0.2) is 12.0 Å². The molecule has 0 aliphatic rings. The minimum Gasteiger partial charge on any atom is -0.490 e. The molecule has 1 amide bonds. The maximum absolute atomic E-state index is 12.5. The van der Waals surface area contributed by atoms with Crippen molar-refractivity contribution in [2.24, 2.45) is 0 Å². The van der Waals surface area contributed by atoms with Crippen molar-refractivity contribution in [3.63, 3.8) is 0 Å². The van der Waals surface area contributed by atoms with E-state index in [1.165, 1.54) is 0 Å². The Labute approximate surface area is 162 Å². The smallest absolute Gasteiger partial charge is 0.266 e. The molecule has 0 bridgehead atoms. The number of halogens is 1. The summed E-state index contributed by atoms with van der Waals surface area (Å²) < 4.78 is 6.61. The average Bonchev–Trinajstić information content (AvgIpc) is 2.57. The molecule has 0 radical (unpaired) electrons. The average molecular weight is 413 g/mol. The number of aryl methyl sites for hydroxylation is 2. The monoisotopic (exact) mass is 412 g/mol. The van der Waals surface area contributed by atoms with Crippen LogP contribution in [0.15, 0.2) is 46.4 Å². The molecule has 0 unspecified atom stereocenters. The van der Waals surface area contributed by atoms with E-state index >= 15 is 0 Å². The van der Waals surface area contributed by atoms with Gasteiger partial charge in [0.2, 0.25) is 0 Å². The van der Waals surface area contributed by atoms with Gasteiger partial charge in [-0.05, 0) is 63.6 Å². The third kappa shape index (κ3) is 5.21. The Bertz CT molecular complexity index is 895. The van der Waals surface area contributed by atoms with E-state index in [2.05, 4.69) is 21.2 Å². The number of rotatable bonds is 5. The van der Waals surface area contributed by atoms with Crippen molar-refractivity contribution in [3.05, 3.63) is 63.1 Å². The summed E-state index contributed by atoms with van der Waals surface area (Å²) >= 11 is 3.41. The molecule has 0 spiro atoms. The zero-order chi connectivity index (χ0) is 19.3. The van der Waals surface area contributed by atoms with E-state index in [1.807, 2.05) is 70.2 Å². The molecular formula is C21H21BrN2O2. The maximum Gasteiger partial charge on any atom is 0.266 e. The Morgan fingerprint density at radius 3 is 2.58 bits per heavy atom. The van der Waals surface area contributed by atoms with Gasteiger partial charge in [0.05, 0.1) is 6.10 Å². The van der Waals surface area contributed by atoms with Crippen molar-refractivity contribution in [1.29, 1.82) is 5.26 Å². The number of anilines is 1. The summed E-state index contributed by atoms with van der Waals surface area (Å²) in [4.78, 5) is 12.5. The summed E-state index contributed by atoms with van der Waals surface area (Å²) in [5.74, 6) is 0.171. The van der Waals surface area contributed by atoms with Gasteiger partial charge >= 0.3 is 0 Å². The van der Waals surface area contributed by atoms with E-state index in [1.54, 1.807) is 6.08 Å². The molecule has 134 valence electrons. The molecule has 0 aliphatic heterocycles. The van der Waals surface area contributed by atoms with Crippen LogP contribution in [0.25, 0.3) is 6.08 Å². The number of nitrogens with zero attached hydrogens (tertiary/aromatic N) is 1. The van der Waals surface area contributed by atoms with Gasteiger partial charge in [-0.15, -0.1) is 0 Å². The first-order valence-corrected chi connectivity index (χ1v) is 9.06. The summed E-state index contributed by atoms with van der Waals surface area (Å²) in [7, 11) is 0. The molecular weight excluding hydrogens is 392 g/mol. The van der Waals surface area contributed by atoms with Gasteiger partial charge in [0.1, 0.15) is 17.4 Å². The van der Waals surface area contributed by atoms with Crippen molar-refractivity contribution in [2.75, 3.05) is 5.32 Å². The lowest BCUT2D eigenvalue weighted by Gasteiger charge is -2.13. The minimum absolute atomic E-state index is 0.0108. The van der Waals surface area contributed by atoms with Crippen LogP contribution in [0.1, 0.15) is 30.5 Å². The highest BCUT2D eigenvalue weighted by molar-refractivity contribution is 9.10. The normalized spacial score (nSPS) is 11.2. The van der Waals surface area contributed by atoms with E-state index in [-0.39, 0.29) is 11.7 Å². The summed E-state index contributed by atoms with van der Waals surface area (Å²) in [6.45, 7) is 7.76. The van der Waals surface area contributed by atoms with Crippen molar-refractivity contribution < 1.29 is 9.53 Å². The van der Waals surface area contributed by atoms with Crippen molar-refractivity contribution >= 4 is 33.6 Å². The first-order chi connectivity index (χ1) is 12.3. The summed E-state index contributed by atoms with van der Waals surface area (Å²) in [6.07, 6.45) is 1.53. The maximum atomic E-state index is 12.5. The second-order valence-corrected chi connectivity index (χ2v) is 7.21. The highest BCUT2D eigenvalue weighted by atomic mass is 79.9. The number of nitrogens with one attached hydrogen (secondary N) is 1. The molecule has 4 nitrogen and oxygen atoms in total. The van der Waals surface area contributed by atoms with Gasteiger partial charge in [0.25, 0.3) is 5.91 Å². The van der Waals surface area contributed by atoms with E-state index in [9.17, 15) is 10.1 Å². The Morgan fingerprint density at radius 1 is 1.23 bits per heavy atom. The van der Waals surface area contributed by atoms with E-state index in [0.717, 1.165) is 15.6 Å². The van der Waals surface area contributed by atoms with Crippen molar-refractivity contribution in [1.82, 2.24) is 0 Å². The van der Waals surface area contributed by atoms with Gasteiger partial charge in [-0.3, -0.25) is 4.79 Å². The van der Waals surface area contributed by atoms with Crippen LogP contribution in [0, 0.1) is 25.2 Å². The third-order valence-corrected chi connectivity index (χ3v) is 4.12. The van der Waals surface area contributed by atoms with Crippen LogP contribution in [-0.2, 0) is 4.79 Å². The molecule has 2 aromatic rings. The topological polar surface area (TPSA) is 62.1 Å². The molecule has 5 heteroatoms. The molecule has 0 saturated carbocycles. The zero-order valence-electron chi connectivity index (χ0n) is 15.3. The second-order valence-electron chi connectivity index (χ2n) is 6.29. The van der Waals surface area contributed by atoms with Crippen molar-refractivity contribution in [3.8, 4) is 11.8 Å². The third-order valence-electron chi connectivity index (χ3n) is 3.63. The number of benzene rings is 2. The number of carbonyl (C=O) groups excluding carboxylic acids is 1. The predicted molar refractivity (Wildman–Crippen MR) is 108 cm³/mol. The molecule has 2 aromatic carbocycles. The molecule has 0 aromatic heterocycles. The lowest BCUT2D eigenvalue weighted by atomic mass is 10.1. The molecule has 26 heavy (non-hydrogen) atoms. The summed E-state index contributed by atoms with van der Waals surface area (Å²) in [5, 5.41) is 12.3. The highest BCUT2D eigenvalue weighted by Gasteiger charge is 2.13. The molecule has 1 N–H and O–H groups in total. The number of nitriles is 1. The van der Waals surface area contributed by atoms with Gasteiger partial charge in [0, 0.05) is 15.7 Å². The van der Waals surface area contributed by atoms with Gasteiger partial charge in [-0.25, -0.2) is 0 Å². The number of hydrogen-bond donors (Lipinski definition) is 1. The molecule has 0 aliphatic carbocycles. The van der Waals surface area contributed by atoms with Gasteiger partial charge in [-0.2, -0.15) is 5.26 Å². The molecule has 0 atom stereocenters. The Kier molecular flexibility index (Phi) is 6.59. The number of amides is 1. The van der Waals surface area contributed by atoms with Crippen LogP contribution in [0.4, 0.5) is 5.69 Å². The number of ether oxygens (including phenoxy) is 1. The quantitative estimate of drug-likeness (QED) is 0.528. The predicted octanol–water partition coefficient (Wildman–Crippen LogP) is 5.40. The largest absolute Gasteiger partial charge is 0.490 e. The second kappa shape index (κ2) is 8.68. The van der Waals surface area contributed by atoms with Crippen molar-refractivity contribution in [2.45, 2.75) is 33.8 Å². The first kappa shape index (κ1) is 19.7. The van der Waals surface area contributed by atoms with E-state index < -0.39 is 5.91 Å². The Hall–Kier alpha value is -2.58. The lowest BCUT2D eigenvalue weighted by molar-refractivity contribution is -0.112. The standard InChI is InChI=1S/C21H21BrN2O2/c1-13(2)26-20-8-6-18(22)11-16(20)10-17(12-23)21(25)24-19-7-5-14(3)9-15(19)4/h5-11,13H,1-4H3,(H,24,25)/b17-10+. The molecule has 0 heterocycles. The Balaban J connectivity index is 2.34. The summed E-state index contributed by atoms with van der Waals surface area (Å²) in [5.41, 5.74) is 3.43. The molecule has 0 saturated heterocycles. The van der Waals surface area contributed by atoms with Gasteiger partial charge in [0.15, 0.2) is 0 Å². The number of hydrogen-bond acceptors (Lipinski definition) is 3. The fourth-order valence-corrected chi connectivity index (χ4v) is 2.82. The highest BCUT2D eigenvalue weighted by Crippen LogP contribution is 2.27. The lowest BCUT2D eigenvalue weighted by Crippen LogP contribution is -2.14. The minimum atomic E-state index is -0.449. The van der Waals surface area contributed by atoms with Gasteiger partial charge in [-0.1, -0.05) is 33.6 Å². The van der Waals surface area contributed by atoms with Crippen LogP contribution >= 0.6 is 15.9 Å². The van der Waals surface area contributed by atoms with E-state index in [4.69, 9.17) is 4.74 Å².